The maximum absolute atomic E-state index is 13.5. The van der Waals surface area contributed by atoms with E-state index in [1.807, 2.05) is 12.1 Å². The summed E-state index contributed by atoms with van der Waals surface area (Å²) in [5.41, 5.74) is 3.23. The smallest absolute Gasteiger partial charge is 0.225 e. The predicted molar refractivity (Wildman–Crippen MR) is 109 cm³/mol. The van der Waals surface area contributed by atoms with Crippen LogP contribution in [0.4, 0.5) is 0 Å². The van der Waals surface area contributed by atoms with Gasteiger partial charge in [0.1, 0.15) is 0 Å². The third-order valence-corrected chi connectivity index (χ3v) is 8.41. The highest BCUT2D eigenvalue weighted by atomic mass is 16.5. The van der Waals surface area contributed by atoms with Crippen LogP contribution in [0.3, 0.4) is 0 Å². The van der Waals surface area contributed by atoms with Crippen LogP contribution in [-0.4, -0.2) is 36.6 Å². The number of hydrogen-bond acceptors (Lipinski definition) is 3. The Morgan fingerprint density at radius 3 is 2.57 bits per heavy atom. The van der Waals surface area contributed by atoms with Crippen molar-refractivity contribution in [1.82, 2.24) is 4.90 Å². The SMILES string of the molecule is COC1CCC(C(=O)N2CC[C@@]3(C)c4cccc(C#N)c4C[C@@H]2C3(C)C)CC1. The van der Waals surface area contributed by atoms with Crippen molar-refractivity contribution < 1.29 is 9.53 Å². The van der Waals surface area contributed by atoms with E-state index in [-0.39, 0.29) is 22.8 Å². The van der Waals surface area contributed by atoms with E-state index < -0.39 is 0 Å². The lowest BCUT2D eigenvalue weighted by Crippen LogP contribution is -2.65. The third kappa shape index (κ3) is 2.70. The molecule has 28 heavy (non-hydrogen) atoms. The highest BCUT2D eigenvalue weighted by Crippen LogP contribution is 2.56. The summed E-state index contributed by atoms with van der Waals surface area (Å²) in [4.78, 5) is 15.7. The van der Waals surface area contributed by atoms with Crippen LogP contribution in [0.25, 0.3) is 0 Å². The van der Waals surface area contributed by atoms with E-state index >= 15 is 0 Å². The molecule has 2 aliphatic carbocycles. The van der Waals surface area contributed by atoms with Crippen LogP contribution in [0, 0.1) is 22.7 Å². The Hall–Kier alpha value is -1.86. The average Bonchev–Trinajstić information content (AvgIpc) is 2.70. The summed E-state index contributed by atoms with van der Waals surface area (Å²) >= 11 is 0. The summed E-state index contributed by atoms with van der Waals surface area (Å²) in [6, 6.07) is 8.69. The summed E-state index contributed by atoms with van der Waals surface area (Å²) in [5, 5.41) is 9.66. The second-order valence-electron chi connectivity index (χ2n) is 9.71. The number of carbonyl (C=O) groups excluding carboxylic acids is 1. The molecule has 150 valence electrons. The summed E-state index contributed by atoms with van der Waals surface area (Å²) in [7, 11) is 1.77. The number of methoxy groups -OCH3 is 1. The average molecular weight is 381 g/mol. The molecule has 1 aliphatic heterocycles. The number of rotatable bonds is 2. The van der Waals surface area contributed by atoms with E-state index in [0.29, 0.717) is 12.0 Å². The number of amides is 1. The van der Waals surface area contributed by atoms with Gasteiger partial charge in [0, 0.05) is 31.0 Å². The molecule has 0 radical (unpaired) electrons. The first kappa shape index (κ1) is 19.5. The molecule has 4 rings (SSSR count). The second kappa shape index (κ2) is 6.88. The Morgan fingerprint density at radius 2 is 1.93 bits per heavy atom. The maximum atomic E-state index is 13.5. The van der Waals surface area contributed by atoms with Crippen molar-refractivity contribution in [3.05, 3.63) is 34.9 Å². The van der Waals surface area contributed by atoms with Crippen molar-refractivity contribution in [1.29, 1.82) is 5.26 Å². The molecule has 1 saturated heterocycles. The van der Waals surface area contributed by atoms with Gasteiger partial charge in [-0.2, -0.15) is 5.26 Å². The number of piperidine rings is 1. The number of hydrogen-bond donors (Lipinski definition) is 0. The van der Waals surface area contributed by atoms with Crippen LogP contribution in [0.5, 0.6) is 0 Å². The Bertz CT molecular complexity index is 816. The fourth-order valence-electron chi connectivity index (χ4n) is 6.09. The maximum Gasteiger partial charge on any atom is 0.225 e. The van der Waals surface area contributed by atoms with Gasteiger partial charge < -0.3 is 9.64 Å². The standard InChI is InChI=1S/C24H32N2O2/c1-23(2)21-14-19-17(15-25)6-5-7-20(19)24(23,3)12-13-26(21)22(27)16-8-10-18(28-4)11-9-16/h5-7,16,18,21H,8-14H2,1-4H3/t16?,18?,21-,24+/m1/s1. The van der Waals surface area contributed by atoms with Crippen molar-refractivity contribution in [3.63, 3.8) is 0 Å². The number of carbonyl (C=O) groups is 1. The van der Waals surface area contributed by atoms with Gasteiger partial charge in [0.05, 0.1) is 17.7 Å². The molecule has 1 aromatic rings. The number of likely N-dealkylation sites (tertiary alicyclic amines) is 1. The highest BCUT2D eigenvalue weighted by Gasteiger charge is 2.57. The van der Waals surface area contributed by atoms with Crippen LogP contribution >= 0.6 is 0 Å². The summed E-state index contributed by atoms with van der Waals surface area (Å²) in [6.45, 7) is 7.80. The quantitative estimate of drug-likeness (QED) is 0.772. The third-order valence-electron chi connectivity index (χ3n) is 8.41. The van der Waals surface area contributed by atoms with Crippen LogP contribution in [-0.2, 0) is 21.4 Å². The number of benzene rings is 1. The Morgan fingerprint density at radius 1 is 1.21 bits per heavy atom. The summed E-state index contributed by atoms with van der Waals surface area (Å²) < 4.78 is 5.49. The predicted octanol–water partition coefficient (Wildman–Crippen LogP) is 4.20. The van der Waals surface area contributed by atoms with Crippen molar-refractivity contribution in [3.8, 4) is 6.07 Å². The minimum Gasteiger partial charge on any atom is -0.381 e. The van der Waals surface area contributed by atoms with Crippen molar-refractivity contribution in [2.75, 3.05) is 13.7 Å². The van der Waals surface area contributed by atoms with Crippen molar-refractivity contribution in [2.24, 2.45) is 11.3 Å². The molecule has 0 N–H and O–H groups in total. The first-order valence-corrected chi connectivity index (χ1v) is 10.7. The first-order valence-electron chi connectivity index (χ1n) is 10.7. The zero-order valence-electron chi connectivity index (χ0n) is 17.6. The molecule has 2 atom stereocenters. The van der Waals surface area contributed by atoms with Gasteiger partial charge in [0.15, 0.2) is 0 Å². The monoisotopic (exact) mass is 380 g/mol. The molecule has 1 saturated carbocycles. The molecule has 1 amide bonds. The molecule has 1 heterocycles. The minimum absolute atomic E-state index is 0.0113. The molecule has 2 bridgehead atoms. The summed E-state index contributed by atoms with van der Waals surface area (Å²) in [5.74, 6) is 0.451. The lowest BCUT2D eigenvalue weighted by atomic mass is 9.50. The minimum atomic E-state index is -0.0221. The molecule has 4 nitrogen and oxygen atoms in total. The Balaban J connectivity index is 1.66. The van der Waals surface area contributed by atoms with E-state index in [1.165, 1.54) is 5.56 Å². The Kier molecular flexibility index (Phi) is 4.78. The number of nitriles is 1. The Labute approximate surface area is 168 Å². The topological polar surface area (TPSA) is 53.3 Å². The zero-order valence-corrected chi connectivity index (χ0v) is 17.6. The lowest BCUT2D eigenvalue weighted by Gasteiger charge is -2.61. The van der Waals surface area contributed by atoms with E-state index in [9.17, 15) is 10.1 Å². The van der Waals surface area contributed by atoms with E-state index in [0.717, 1.165) is 56.2 Å². The molecule has 2 fully saturated rings. The fraction of sp³-hybridized carbons (Fsp3) is 0.667. The van der Waals surface area contributed by atoms with Crippen LogP contribution < -0.4 is 0 Å². The molecule has 1 aromatic carbocycles. The molecule has 3 aliphatic rings. The molecular formula is C24H32N2O2. The van der Waals surface area contributed by atoms with Gasteiger partial charge in [-0.1, -0.05) is 32.9 Å². The van der Waals surface area contributed by atoms with Crippen LogP contribution in [0.1, 0.15) is 69.6 Å². The lowest BCUT2D eigenvalue weighted by molar-refractivity contribution is -0.150. The number of ether oxygens (including phenoxy) is 1. The van der Waals surface area contributed by atoms with E-state index in [4.69, 9.17) is 4.74 Å². The van der Waals surface area contributed by atoms with E-state index in [1.54, 1.807) is 7.11 Å². The molecule has 0 spiro atoms. The van der Waals surface area contributed by atoms with Gasteiger partial charge >= 0.3 is 0 Å². The van der Waals surface area contributed by atoms with Crippen LogP contribution in [0.15, 0.2) is 18.2 Å². The first-order chi connectivity index (χ1) is 13.3. The van der Waals surface area contributed by atoms with Gasteiger partial charge in [0.25, 0.3) is 0 Å². The largest absolute Gasteiger partial charge is 0.381 e. The van der Waals surface area contributed by atoms with Crippen LogP contribution in [0.2, 0.25) is 0 Å². The molecule has 0 aromatic heterocycles. The van der Waals surface area contributed by atoms with Crippen molar-refractivity contribution >= 4 is 5.91 Å². The van der Waals surface area contributed by atoms with Crippen molar-refractivity contribution in [2.45, 2.75) is 76.9 Å². The highest BCUT2D eigenvalue weighted by molar-refractivity contribution is 5.80. The molecule has 0 unspecified atom stereocenters. The van der Waals surface area contributed by atoms with Gasteiger partial charge in [-0.25, -0.2) is 0 Å². The van der Waals surface area contributed by atoms with Gasteiger partial charge in [-0.05, 0) is 61.1 Å². The van der Waals surface area contributed by atoms with Gasteiger partial charge in [0.2, 0.25) is 5.91 Å². The second-order valence-corrected chi connectivity index (χ2v) is 9.71. The number of fused-ring (bicyclic) bond motifs is 4. The van der Waals surface area contributed by atoms with Gasteiger partial charge in [-0.3, -0.25) is 4.79 Å². The zero-order chi connectivity index (χ0) is 20.1. The molecular weight excluding hydrogens is 348 g/mol. The summed E-state index contributed by atoms with van der Waals surface area (Å²) in [6.07, 6.45) is 5.88. The van der Waals surface area contributed by atoms with Gasteiger partial charge in [-0.15, -0.1) is 0 Å². The normalized spacial score (nSPS) is 33.7. The number of nitrogens with zero attached hydrogens (tertiary/aromatic N) is 2. The van der Waals surface area contributed by atoms with E-state index in [2.05, 4.69) is 37.8 Å². The molecule has 4 heteroatoms. The fourth-order valence-corrected chi connectivity index (χ4v) is 6.09.